The van der Waals surface area contributed by atoms with Crippen LogP contribution in [0.3, 0.4) is 0 Å². The number of aromatic nitrogens is 6. The molecule has 0 atom stereocenters. The van der Waals surface area contributed by atoms with Gasteiger partial charge in [0.05, 0.1) is 29.1 Å². The van der Waals surface area contributed by atoms with Crippen LogP contribution in [0.25, 0.3) is 28.7 Å². The van der Waals surface area contributed by atoms with E-state index in [0.717, 1.165) is 18.5 Å². The van der Waals surface area contributed by atoms with Gasteiger partial charge in [0.15, 0.2) is 5.82 Å². The Hall–Kier alpha value is -3.82. The highest BCUT2D eigenvalue weighted by atomic mass is 16.5. The maximum atomic E-state index is 13.4. The number of carbonyl (C=O) groups excluding carboxylic acids is 1. The van der Waals surface area contributed by atoms with E-state index in [-0.39, 0.29) is 5.91 Å². The molecule has 1 aliphatic carbocycles. The van der Waals surface area contributed by atoms with Crippen LogP contribution in [0.4, 0.5) is 0 Å². The molecule has 1 aromatic carbocycles. The predicted octanol–water partition coefficient (Wildman–Crippen LogP) is 2.74. The number of carbonyl (C=O) groups is 1. The standard InChI is InChI=1S/C20H17N7O3/c1-10-22-18(25-29-10)16-14-8-26(2)20(28)15-12(4-3-5-13(15)27(14)9-21-16)19-23-17(24-30-19)11-6-7-11/h3-5,9,11H,6-8H2,1-2H3. The van der Waals surface area contributed by atoms with E-state index in [2.05, 4.69) is 25.3 Å². The van der Waals surface area contributed by atoms with Gasteiger partial charge in [-0.05, 0) is 25.0 Å². The van der Waals surface area contributed by atoms with Gasteiger partial charge in [-0.1, -0.05) is 16.4 Å². The minimum absolute atomic E-state index is 0.134. The highest BCUT2D eigenvalue weighted by molar-refractivity contribution is 6.04. The Kier molecular flexibility index (Phi) is 3.46. The highest BCUT2D eigenvalue weighted by Crippen LogP contribution is 2.40. The summed E-state index contributed by atoms with van der Waals surface area (Å²) in [6.07, 6.45) is 3.82. The zero-order valence-corrected chi connectivity index (χ0v) is 16.4. The van der Waals surface area contributed by atoms with Gasteiger partial charge in [0.25, 0.3) is 11.8 Å². The molecule has 0 bridgehead atoms. The molecule has 10 nitrogen and oxygen atoms in total. The van der Waals surface area contributed by atoms with Crippen LogP contribution in [0.5, 0.6) is 0 Å². The monoisotopic (exact) mass is 403 g/mol. The summed E-state index contributed by atoms with van der Waals surface area (Å²) in [6, 6.07) is 5.58. The lowest BCUT2D eigenvalue weighted by molar-refractivity contribution is 0.0788. The molecule has 0 spiro atoms. The molecular weight excluding hydrogens is 386 g/mol. The average molecular weight is 403 g/mol. The zero-order chi connectivity index (χ0) is 20.4. The van der Waals surface area contributed by atoms with Crippen molar-refractivity contribution in [3.05, 3.63) is 47.5 Å². The molecule has 2 aliphatic rings. The van der Waals surface area contributed by atoms with Gasteiger partial charge < -0.3 is 13.9 Å². The van der Waals surface area contributed by atoms with Gasteiger partial charge in [-0.25, -0.2) is 4.98 Å². The van der Waals surface area contributed by atoms with Gasteiger partial charge in [0.2, 0.25) is 11.7 Å². The number of fused-ring (bicyclic) bond motifs is 3. The first-order valence-corrected chi connectivity index (χ1v) is 9.70. The summed E-state index contributed by atoms with van der Waals surface area (Å²) < 4.78 is 12.5. The fourth-order valence-electron chi connectivity index (χ4n) is 3.80. The molecule has 1 amide bonds. The summed E-state index contributed by atoms with van der Waals surface area (Å²) in [6.45, 7) is 2.07. The number of imidazole rings is 1. The fraction of sp³-hybridized carbons (Fsp3) is 0.300. The number of amides is 1. The summed E-state index contributed by atoms with van der Waals surface area (Å²) in [5.41, 5.74) is 3.19. The lowest BCUT2D eigenvalue weighted by Gasteiger charge is -2.15. The van der Waals surface area contributed by atoms with Gasteiger partial charge in [0.1, 0.15) is 12.0 Å². The number of hydrogen-bond acceptors (Lipinski definition) is 8. The highest BCUT2D eigenvalue weighted by Gasteiger charge is 2.33. The molecule has 0 unspecified atom stereocenters. The third-order valence-corrected chi connectivity index (χ3v) is 5.47. The summed E-state index contributed by atoms with van der Waals surface area (Å²) in [7, 11) is 1.75. The van der Waals surface area contributed by atoms with E-state index in [9.17, 15) is 4.79 Å². The lowest BCUT2D eigenvalue weighted by atomic mass is 10.0. The second kappa shape index (κ2) is 6.09. The Morgan fingerprint density at radius 1 is 1.13 bits per heavy atom. The molecule has 3 aromatic heterocycles. The summed E-state index contributed by atoms with van der Waals surface area (Å²) in [4.78, 5) is 28.3. The Morgan fingerprint density at radius 3 is 2.77 bits per heavy atom. The third kappa shape index (κ3) is 2.49. The number of rotatable bonds is 3. The molecule has 4 heterocycles. The Labute approximate surface area is 170 Å². The summed E-state index contributed by atoms with van der Waals surface area (Å²) >= 11 is 0. The number of hydrogen-bond donors (Lipinski definition) is 0. The van der Waals surface area contributed by atoms with Crippen LogP contribution in [0.2, 0.25) is 0 Å². The molecule has 0 N–H and O–H groups in total. The first-order valence-electron chi connectivity index (χ1n) is 9.70. The molecule has 30 heavy (non-hydrogen) atoms. The van der Waals surface area contributed by atoms with Crippen LogP contribution in [0, 0.1) is 6.92 Å². The van der Waals surface area contributed by atoms with E-state index in [1.807, 2.05) is 22.8 Å². The van der Waals surface area contributed by atoms with Crippen molar-refractivity contribution in [3.63, 3.8) is 0 Å². The lowest BCUT2D eigenvalue weighted by Crippen LogP contribution is -2.25. The Bertz CT molecular complexity index is 1300. The van der Waals surface area contributed by atoms with E-state index in [0.29, 0.717) is 58.4 Å². The Balaban J connectivity index is 1.54. The van der Waals surface area contributed by atoms with Gasteiger partial charge in [-0.2, -0.15) is 9.97 Å². The van der Waals surface area contributed by atoms with Crippen molar-refractivity contribution in [3.8, 4) is 28.7 Å². The van der Waals surface area contributed by atoms with E-state index in [1.165, 1.54) is 0 Å². The molecule has 10 heteroatoms. The first-order chi connectivity index (χ1) is 14.6. The van der Waals surface area contributed by atoms with Gasteiger partial charge in [-0.15, -0.1) is 0 Å². The molecule has 4 aromatic rings. The van der Waals surface area contributed by atoms with Crippen molar-refractivity contribution in [2.75, 3.05) is 7.05 Å². The largest absolute Gasteiger partial charge is 0.339 e. The van der Waals surface area contributed by atoms with E-state index in [1.54, 1.807) is 25.2 Å². The first kappa shape index (κ1) is 17.1. The van der Waals surface area contributed by atoms with E-state index >= 15 is 0 Å². The molecule has 1 aliphatic heterocycles. The minimum Gasteiger partial charge on any atom is -0.339 e. The van der Waals surface area contributed by atoms with Gasteiger partial charge in [0, 0.05) is 19.9 Å². The van der Waals surface area contributed by atoms with E-state index < -0.39 is 0 Å². The minimum atomic E-state index is -0.134. The van der Waals surface area contributed by atoms with E-state index in [4.69, 9.17) is 9.05 Å². The molecule has 1 fully saturated rings. The van der Waals surface area contributed by atoms with Crippen LogP contribution in [-0.4, -0.2) is 47.7 Å². The van der Waals surface area contributed by atoms with Crippen molar-refractivity contribution in [1.29, 1.82) is 0 Å². The van der Waals surface area contributed by atoms with Crippen LogP contribution in [0.1, 0.15) is 46.5 Å². The number of benzene rings is 1. The smallest absolute Gasteiger partial charge is 0.258 e. The summed E-state index contributed by atoms with van der Waals surface area (Å²) in [5.74, 6) is 2.14. The van der Waals surface area contributed by atoms with Crippen LogP contribution in [-0.2, 0) is 6.54 Å². The van der Waals surface area contributed by atoms with Gasteiger partial charge >= 0.3 is 0 Å². The quantitative estimate of drug-likeness (QED) is 0.513. The SMILES string of the molecule is Cc1nc(-c2ncn3c2CN(C)C(=O)c2c(-c4nc(C5CC5)no4)cccc2-3)no1. The predicted molar refractivity (Wildman–Crippen MR) is 103 cm³/mol. The Morgan fingerprint density at radius 2 is 2.00 bits per heavy atom. The third-order valence-electron chi connectivity index (χ3n) is 5.47. The van der Waals surface area contributed by atoms with Crippen molar-refractivity contribution in [2.45, 2.75) is 32.2 Å². The maximum Gasteiger partial charge on any atom is 0.258 e. The van der Waals surface area contributed by atoms with Crippen molar-refractivity contribution in [1.82, 2.24) is 34.7 Å². The molecule has 0 saturated heterocycles. The normalized spacial score (nSPS) is 15.8. The molecule has 0 radical (unpaired) electrons. The van der Waals surface area contributed by atoms with Crippen molar-refractivity contribution >= 4 is 5.91 Å². The second-order valence-electron chi connectivity index (χ2n) is 7.64. The fourth-order valence-corrected chi connectivity index (χ4v) is 3.80. The van der Waals surface area contributed by atoms with Crippen LogP contribution in [0.15, 0.2) is 33.6 Å². The number of aryl methyl sites for hydroxylation is 1. The zero-order valence-electron chi connectivity index (χ0n) is 16.4. The van der Waals surface area contributed by atoms with Crippen molar-refractivity contribution in [2.24, 2.45) is 0 Å². The number of nitrogens with zero attached hydrogens (tertiary/aromatic N) is 7. The molecular formula is C20H17N7O3. The van der Waals surface area contributed by atoms with Gasteiger partial charge in [-0.3, -0.25) is 9.36 Å². The summed E-state index contributed by atoms with van der Waals surface area (Å²) in [5, 5.41) is 8.09. The molecule has 6 rings (SSSR count). The molecule has 1 saturated carbocycles. The topological polar surface area (TPSA) is 116 Å². The van der Waals surface area contributed by atoms with Crippen LogP contribution < -0.4 is 0 Å². The second-order valence-corrected chi connectivity index (χ2v) is 7.64. The average Bonchev–Trinajstić information content (AvgIpc) is 3.15. The van der Waals surface area contributed by atoms with Crippen LogP contribution >= 0.6 is 0 Å². The molecule has 150 valence electrons. The maximum absolute atomic E-state index is 13.4. The van der Waals surface area contributed by atoms with Crippen molar-refractivity contribution < 1.29 is 13.8 Å².